The van der Waals surface area contributed by atoms with Crippen LogP contribution in [0.1, 0.15) is 33.6 Å². The number of likely N-dealkylation sites (tertiary alicyclic amines) is 1. The van der Waals surface area contributed by atoms with Gasteiger partial charge in [0, 0.05) is 47.7 Å². The molecule has 5 rings (SSSR count). The molecule has 0 bridgehead atoms. The van der Waals surface area contributed by atoms with Gasteiger partial charge in [0.15, 0.2) is 0 Å². The molecule has 2 fully saturated rings. The number of H-pyrrole nitrogens is 1. The number of amides is 2. The van der Waals surface area contributed by atoms with Crippen molar-refractivity contribution in [3.05, 3.63) is 35.6 Å². The van der Waals surface area contributed by atoms with Gasteiger partial charge in [0.1, 0.15) is 11.6 Å². The smallest absolute Gasteiger partial charge is 0.410 e. The lowest BCUT2D eigenvalue weighted by Crippen LogP contribution is -2.56. The third kappa shape index (κ3) is 5.14. The van der Waals surface area contributed by atoms with Crippen molar-refractivity contribution in [1.82, 2.24) is 19.8 Å². The van der Waals surface area contributed by atoms with Crippen molar-refractivity contribution in [3.63, 3.8) is 0 Å². The van der Waals surface area contributed by atoms with Gasteiger partial charge < -0.3 is 24.7 Å². The molecule has 0 unspecified atom stereocenters. The van der Waals surface area contributed by atoms with Gasteiger partial charge in [-0.05, 0) is 51.8 Å². The molecule has 192 valence electrons. The second-order valence-corrected chi connectivity index (χ2v) is 10.9. The molecule has 2 saturated heterocycles. The van der Waals surface area contributed by atoms with Crippen LogP contribution >= 0.6 is 11.6 Å². The summed E-state index contributed by atoms with van der Waals surface area (Å²) in [6.07, 6.45) is 4.98. The van der Waals surface area contributed by atoms with Crippen molar-refractivity contribution < 1.29 is 19.1 Å². The van der Waals surface area contributed by atoms with Crippen LogP contribution in [0, 0.1) is 0 Å². The topological polar surface area (TPSA) is 99.8 Å². The number of fused-ring (bicyclic) bond motifs is 3. The highest BCUT2D eigenvalue weighted by molar-refractivity contribution is 6.33. The van der Waals surface area contributed by atoms with E-state index < -0.39 is 11.6 Å². The number of carbonyl (C=O) groups is 2. The fraction of sp³-hybridized carbons (Fsp3) is 0.500. The summed E-state index contributed by atoms with van der Waals surface area (Å²) in [7, 11) is 0. The van der Waals surface area contributed by atoms with Gasteiger partial charge in [-0.2, -0.15) is 0 Å². The van der Waals surface area contributed by atoms with Gasteiger partial charge in [-0.3, -0.25) is 14.7 Å². The Morgan fingerprint density at radius 2 is 2.11 bits per heavy atom. The van der Waals surface area contributed by atoms with Crippen LogP contribution in [-0.2, 0) is 14.3 Å². The summed E-state index contributed by atoms with van der Waals surface area (Å²) in [5, 5.41) is 5.52. The molecule has 2 atom stereocenters. The number of morpholine rings is 1. The summed E-state index contributed by atoms with van der Waals surface area (Å²) in [4.78, 5) is 37.7. The maximum Gasteiger partial charge on any atom is 0.410 e. The molecule has 4 heterocycles. The van der Waals surface area contributed by atoms with Gasteiger partial charge in [0.25, 0.3) is 0 Å². The van der Waals surface area contributed by atoms with E-state index in [-0.39, 0.29) is 24.6 Å². The molecule has 10 heteroatoms. The van der Waals surface area contributed by atoms with Gasteiger partial charge in [0.05, 0.1) is 36.1 Å². The Hall–Kier alpha value is -2.88. The van der Waals surface area contributed by atoms with Gasteiger partial charge in [-0.15, -0.1) is 0 Å². The molecule has 36 heavy (non-hydrogen) atoms. The summed E-state index contributed by atoms with van der Waals surface area (Å²) in [6, 6.07) is 5.06. The number of aromatic nitrogens is 2. The van der Waals surface area contributed by atoms with Crippen molar-refractivity contribution in [3.8, 4) is 0 Å². The fourth-order valence-corrected chi connectivity index (χ4v) is 5.31. The lowest BCUT2D eigenvalue weighted by molar-refractivity contribution is -0.127. The van der Waals surface area contributed by atoms with E-state index in [0.29, 0.717) is 37.0 Å². The summed E-state index contributed by atoms with van der Waals surface area (Å²) < 4.78 is 11.3. The Morgan fingerprint density at radius 3 is 2.92 bits per heavy atom. The molecular formula is C26H32ClN5O4. The van der Waals surface area contributed by atoms with E-state index in [1.165, 1.54) is 0 Å². The number of hydrogen-bond donors (Lipinski definition) is 2. The summed E-state index contributed by atoms with van der Waals surface area (Å²) in [5.74, 6) is -0.170. The molecule has 0 saturated carbocycles. The summed E-state index contributed by atoms with van der Waals surface area (Å²) in [5.41, 5.74) is 1.73. The van der Waals surface area contributed by atoms with Crippen LogP contribution in [-0.4, -0.2) is 82.3 Å². The van der Waals surface area contributed by atoms with E-state index >= 15 is 0 Å². The molecule has 0 radical (unpaired) electrons. The van der Waals surface area contributed by atoms with Gasteiger partial charge in [-0.1, -0.05) is 11.6 Å². The molecular weight excluding hydrogens is 482 g/mol. The normalized spacial score (nSPS) is 21.3. The summed E-state index contributed by atoms with van der Waals surface area (Å²) >= 11 is 6.42. The predicted octanol–water partition coefficient (Wildman–Crippen LogP) is 4.41. The number of hydrogen-bond acceptors (Lipinski definition) is 6. The van der Waals surface area contributed by atoms with Crippen LogP contribution in [0.25, 0.3) is 21.8 Å². The van der Waals surface area contributed by atoms with Crippen LogP contribution in [0.15, 0.2) is 30.6 Å². The second-order valence-electron chi connectivity index (χ2n) is 10.5. The number of nitrogens with one attached hydrogen (secondary N) is 2. The molecule has 2 aromatic heterocycles. The minimum atomic E-state index is -0.549. The second kappa shape index (κ2) is 9.88. The average Bonchev–Trinajstić information content (AvgIpc) is 3.43. The minimum absolute atomic E-state index is 0.00710. The zero-order valence-electron chi connectivity index (χ0n) is 20.8. The highest BCUT2D eigenvalue weighted by Crippen LogP contribution is 2.33. The number of nitrogens with zero attached hydrogens (tertiary/aromatic N) is 3. The van der Waals surface area contributed by atoms with Crippen molar-refractivity contribution in [1.29, 1.82) is 0 Å². The molecule has 2 aliphatic heterocycles. The Kier molecular flexibility index (Phi) is 6.80. The molecule has 2 aliphatic rings. The van der Waals surface area contributed by atoms with Crippen LogP contribution in [0.3, 0.4) is 0 Å². The first-order valence-corrected chi connectivity index (χ1v) is 12.7. The predicted molar refractivity (Wildman–Crippen MR) is 139 cm³/mol. The van der Waals surface area contributed by atoms with Crippen LogP contribution < -0.4 is 5.32 Å². The summed E-state index contributed by atoms with van der Waals surface area (Å²) in [6.45, 7) is 8.29. The van der Waals surface area contributed by atoms with Gasteiger partial charge in [0.2, 0.25) is 5.91 Å². The fourth-order valence-electron chi connectivity index (χ4n) is 5.09. The number of aromatic amines is 1. The molecule has 3 aromatic rings. The first kappa shape index (κ1) is 24.8. The third-order valence-electron chi connectivity index (χ3n) is 6.72. The highest BCUT2D eigenvalue weighted by Gasteiger charge is 2.37. The standard InChI is InChI=1S/C26H32ClN5O4/c1-26(2,3)36-25(34)32-8-4-5-17(32)14-31-9-10-35-15-22(31)24(33)30-20-12-16(27)11-19-18-6-7-28-13-21(18)29-23(19)20/h6-7,11-13,17,22,29H,4-5,8-10,14-15H2,1-3H3,(H,30,33)/t17-,22+/m1/s1. The Labute approximate surface area is 215 Å². The van der Waals surface area contributed by atoms with Crippen molar-refractivity contribution in [2.45, 2.75) is 51.3 Å². The third-order valence-corrected chi connectivity index (χ3v) is 6.94. The van der Waals surface area contributed by atoms with Gasteiger partial charge in [-0.25, -0.2) is 4.79 Å². The first-order chi connectivity index (χ1) is 17.2. The lowest BCUT2D eigenvalue weighted by Gasteiger charge is -2.38. The molecule has 9 nitrogen and oxygen atoms in total. The Balaban J connectivity index is 1.34. The molecule has 0 aliphatic carbocycles. The zero-order valence-corrected chi connectivity index (χ0v) is 21.6. The van der Waals surface area contributed by atoms with Crippen molar-refractivity contribution in [2.75, 3.05) is 38.2 Å². The number of benzene rings is 1. The number of rotatable bonds is 4. The number of halogens is 1. The SMILES string of the molecule is CC(C)(C)OC(=O)N1CCC[C@@H]1CN1CCOC[C@H]1C(=O)Nc1cc(Cl)cc2c1[nH]c1cnccc12. The first-order valence-electron chi connectivity index (χ1n) is 12.4. The van der Waals surface area contributed by atoms with E-state index in [9.17, 15) is 9.59 Å². The number of carbonyl (C=O) groups excluding carboxylic acids is 2. The number of ether oxygens (including phenoxy) is 2. The lowest BCUT2D eigenvalue weighted by atomic mass is 10.1. The van der Waals surface area contributed by atoms with E-state index in [1.807, 2.05) is 32.9 Å². The van der Waals surface area contributed by atoms with E-state index in [0.717, 1.165) is 34.6 Å². The maximum atomic E-state index is 13.5. The Bertz CT molecular complexity index is 1290. The number of pyridine rings is 1. The molecule has 0 spiro atoms. The van der Waals surface area contributed by atoms with Crippen molar-refractivity contribution in [2.24, 2.45) is 0 Å². The number of anilines is 1. The van der Waals surface area contributed by atoms with Crippen molar-refractivity contribution >= 4 is 51.1 Å². The molecule has 2 N–H and O–H groups in total. The molecule has 2 amide bonds. The highest BCUT2D eigenvalue weighted by atomic mass is 35.5. The van der Waals surface area contributed by atoms with Crippen LogP contribution in [0.5, 0.6) is 0 Å². The van der Waals surface area contributed by atoms with E-state index in [4.69, 9.17) is 21.1 Å². The maximum absolute atomic E-state index is 13.5. The molecule has 1 aromatic carbocycles. The largest absolute Gasteiger partial charge is 0.444 e. The quantitative estimate of drug-likeness (QED) is 0.536. The van der Waals surface area contributed by atoms with Crippen LogP contribution in [0.4, 0.5) is 10.5 Å². The van der Waals surface area contributed by atoms with Crippen LogP contribution in [0.2, 0.25) is 5.02 Å². The minimum Gasteiger partial charge on any atom is -0.444 e. The van der Waals surface area contributed by atoms with Gasteiger partial charge >= 0.3 is 6.09 Å². The average molecular weight is 514 g/mol. The Morgan fingerprint density at radius 1 is 1.28 bits per heavy atom. The monoisotopic (exact) mass is 513 g/mol. The van der Waals surface area contributed by atoms with E-state index in [2.05, 4.69) is 20.2 Å². The van der Waals surface area contributed by atoms with E-state index in [1.54, 1.807) is 23.4 Å². The zero-order chi connectivity index (χ0) is 25.4.